The Balaban J connectivity index is 2.25. The van der Waals surface area contributed by atoms with Gasteiger partial charge in [0.2, 0.25) is 0 Å². The van der Waals surface area contributed by atoms with Gasteiger partial charge in [-0.25, -0.2) is 4.79 Å². The lowest BCUT2D eigenvalue weighted by atomic mass is 10.1. The van der Waals surface area contributed by atoms with E-state index in [2.05, 4.69) is 13.0 Å². The molecule has 0 aliphatic heterocycles. The maximum Gasteiger partial charge on any atom is 0.330 e. The highest BCUT2D eigenvalue weighted by Gasteiger charge is 2.45. The van der Waals surface area contributed by atoms with E-state index in [9.17, 15) is 19.8 Å². The van der Waals surface area contributed by atoms with Crippen LogP contribution in [0.1, 0.15) is 58.8 Å². The fraction of sp³-hybridized carbons (Fsp3) is 0.636. The van der Waals surface area contributed by atoms with Crippen LogP contribution in [0.2, 0.25) is 0 Å². The first-order valence-corrected chi connectivity index (χ1v) is 10.1. The molecule has 2 unspecified atom stereocenters. The number of carbonyl (C=O) groups is 2. The SMILES string of the molecule is CCCCC/C=C\CC(O)/C=C/C(=O)[C@H]1C[C@@H]1C(O)C/C=C/C(=O)OCC. The second-order valence-electron chi connectivity index (χ2n) is 7.00. The Hall–Kier alpha value is -1.72. The predicted octanol–water partition coefficient (Wildman–Crippen LogP) is 3.51. The van der Waals surface area contributed by atoms with Gasteiger partial charge in [0.25, 0.3) is 0 Å². The Morgan fingerprint density at radius 3 is 2.56 bits per heavy atom. The summed E-state index contributed by atoms with van der Waals surface area (Å²) in [6.07, 6.45) is 14.6. The summed E-state index contributed by atoms with van der Waals surface area (Å²) in [6, 6.07) is 0. The largest absolute Gasteiger partial charge is 0.463 e. The number of ether oxygens (including phenoxy) is 1. The van der Waals surface area contributed by atoms with Crippen molar-refractivity contribution in [2.24, 2.45) is 11.8 Å². The maximum atomic E-state index is 12.1. The molecule has 0 aromatic carbocycles. The zero-order valence-electron chi connectivity index (χ0n) is 16.5. The average Bonchev–Trinajstić information content (AvgIpc) is 3.43. The smallest absolute Gasteiger partial charge is 0.330 e. The van der Waals surface area contributed by atoms with Gasteiger partial charge in [-0.15, -0.1) is 0 Å². The van der Waals surface area contributed by atoms with Gasteiger partial charge in [0.05, 0.1) is 18.8 Å². The number of esters is 1. The van der Waals surface area contributed by atoms with Crippen molar-refractivity contribution in [1.82, 2.24) is 0 Å². The van der Waals surface area contributed by atoms with E-state index in [1.54, 1.807) is 13.0 Å². The molecule has 1 aliphatic rings. The van der Waals surface area contributed by atoms with Crippen molar-refractivity contribution in [2.45, 2.75) is 71.0 Å². The predicted molar refractivity (Wildman–Crippen MR) is 106 cm³/mol. The molecule has 0 spiro atoms. The van der Waals surface area contributed by atoms with Crippen LogP contribution in [0.5, 0.6) is 0 Å². The van der Waals surface area contributed by atoms with Crippen molar-refractivity contribution in [3.05, 3.63) is 36.5 Å². The normalized spacial score (nSPS) is 21.8. The van der Waals surface area contributed by atoms with Crippen LogP contribution in [-0.2, 0) is 14.3 Å². The van der Waals surface area contributed by atoms with Gasteiger partial charge >= 0.3 is 5.97 Å². The Morgan fingerprint density at radius 2 is 1.85 bits per heavy atom. The molecular formula is C22H34O5. The number of aliphatic hydroxyl groups excluding tert-OH is 2. The highest BCUT2D eigenvalue weighted by atomic mass is 16.5. The Bertz CT molecular complexity index is 535. The van der Waals surface area contributed by atoms with Crippen LogP contribution < -0.4 is 0 Å². The summed E-state index contributed by atoms with van der Waals surface area (Å²) in [5, 5.41) is 20.0. The summed E-state index contributed by atoms with van der Waals surface area (Å²) in [7, 11) is 0. The van der Waals surface area contributed by atoms with E-state index < -0.39 is 18.2 Å². The lowest BCUT2D eigenvalue weighted by molar-refractivity contribution is -0.137. The molecule has 0 aromatic heterocycles. The van der Waals surface area contributed by atoms with E-state index in [1.165, 1.54) is 31.1 Å². The fourth-order valence-electron chi connectivity index (χ4n) is 2.91. The molecule has 1 saturated carbocycles. The minimum Gasteiger partial charge on any atom is -0.463 e. The van der Waals surface area contributed by atoms with Crippen molar-refractivity contribution in [3.63, 3.8) is 0 Å². The third-order valence-electron chi connectivity index (χ3n) is 4.62. The van der Waals surface area contributed by atoms with Gasteiger partial charge in [0.15, 0.2) is 5.78 Å². The summed E-state index contributed by atoms with van der Waals surface area (Å²) in [6.45, 7) is 4.21. The number of unbranched alkanes of at least 4 members (excludes halogenated alkanes) is 3. The first kappa shape index (κ1) is 23.3. The molecule has 4 atom stereocenters. The van der Waals surface area contributed by atoms with Gasteiger partial charge in [-0.05, 0) is 51.0 Å². The molecule has 0 aromatic rings. The third-order valence-corrected chi connectivity index (χ3v) is 4.62. The molecule has 0 radical (unpaired) electrons. The van der Waals surface area contributed by atoms with Gasteiger partial charge in [0.1, 0.15) is 0 Å². The summed E-state index contributed by atoms with van der Waals surface area (Å²) in [4.78, 5) is 23.3. The zero-order chi connectivity index (χ0) is 20.1. The minimum atomic E-state index is -0.661. The quantitative estimate of drug-likeness (QED) is 0.209. The molecule has 0 bridgehead atoms. The van der Waals surface area contributed by atoms with Gasteiger partial charge in [-0.3, -0.25) is 4.79 Å². The van der Waals surface area contributed by atoms with Crippen molar-refractivity contribution in [2.75, 3.05) is 6.61 Å². The van der Waals surface area contributed by atoms with E-state index >= 15 is 0 Å². The Morgan fingerprint density at radius 1 is 1.07 bits per heavy atom. The second-order valence-corrected chi connectivity index (χ2v) is 7.00. The van der Waals surface area contributed by atoms with Crippen LogP contribution >= 0.6 is 0 Å². The van der Waals surface area contributed by atoms with Crippen molar-refractivity contribution < 1.29 is 24.5 Å². The van der Waals surface area contributed by atoms with Crippen LogP contribution in [0.4, 0.5) is 0 Å². The Kier molecular flexibility index (Phi) is 11.6. The van der Waals surface area contributed by atoms with Gasteiger partial charge in [0, 0.05) is 12.0 Å². The first-order chi connectivity index (χ1) is 13.0. The molecule has 1 aliphatic carbocycles. The number of allylic oxidation sites excluding steroid dienone is 2. The van der Waals surface area contributed by atoms with Crippen LogP contribution in [-0.4, -0.2) is 40.8 Å². The van der Waals surface area contributed by atoms with Gasteiger partial charge in [-0.2, -0.15) is 0 Å². The third kappa shape index (κ3) is 10.3. The fourth-order valence-corrected chi connectivity index (χ4v) is 2.91. The van der Waals surface area contributed by atoms with Crippen LogP contribution in [0.3, 0.4) is 0 Å². The van der Waals surface area contributed by atoms with E-state index in [-0.39, 0.29) is 17.6 Å². The molecule has 1 fully saturated rings. The molecule has 0 amide bonds. The Labute approximate surface area is 162 Å². The molecule has 2 N–H and O–H groups in total. The summed E-state index contributed by atoms with van der Waals surface area (Å²) >= 11 is 0. The number of ketones is 1. The number of hydrogen-bond acceptors (Lipinski definition) is 5. The maximum absolute atomic E-state index is 12.1. The van der Waals surface area contributed by atoms with E-state index in [0.29, 0.717) is 25.9 Å². The van der Waals surface area contributed by atoms with E-state index in [4.69, 9.17) is 4.74 Å². The molecular weight excluding hydrogens is 344 g/mol. The van der Waals surface area contributed by atoms with E-state index in [1.807, 2.05) is 6.08 Å². The molecule has 0 saturated heterocycles. The number of aliphatic hydroxyl groups is 2. The van der Waals surface area contributed by atoms with Gasteiger partial charge in [-0.1, -0.05) is 44.1 Å². The monoisotopic (exact) mass is 378 g/mol. The highest BCUT2D eigenvalue weighted by Crippen LogP contribution is 2.43. The van der Waals surface area contributed by atoms with Gasteiger partial charge < -0.3 is 14.9 Å². The average molecular weight is 379 g/mol. The molecule has 152 valence electrons. The van der Waals surface area contributed by atoms with Crippen molar-refractivity contribution >= 4 is 11.8 Å². The van der Waals surface area contributed by atoms with Crippen molar-refractivity contribution in [1.29, 1.82) is 0 Å². The summed E-state index contributed by atoms with van der Waals surface area (Å²) in [5.74, 6) is -0.752. The van der Waals surface area contributed by atoms with Crippen LogP contribution in [0, 0.1) is 11.8 Å². The first-order valence-electron chi connectivity index (χ1n) is 10.1. The number of rotatable bonds is 14. The molecule has 0 heterocycles. The lowest BCUT2D eigenvalue weighted by Gasteiger charge is -2.06. The van der Waals surface area contributed by atoms with Crippen molar-refractivity contribution in [3.8, 4) is 0 Å². The second kappa shape index (κ2) is 13.4. The molecule has 27 heavy (non-hydrogen) atoms. The summed E-state index contributed by atoms with van der Waals surface area (Å²) < 4.78 is 4.77. The highest BCUT2D eigenvalue weighted by molar-refractivity contribution is 5.94. The van der Waals surface area contributed by atoms with Crippen LogP contribution in [0.15, 0.2) is 36.5 Å². The number of carbonyl (C=O) groups excluding carboxylic acids is 2. The molecule has 5 nitrogen and oxygen atoms in total. The number of hydrogen-bond donors (Lipinski definition) is 2. The standard InChI is InChI=1S/C22H34O5/c1-3-5-6-7-8-9-11-17(23)14-15-21(25)19-16-18(19)20(24)12-10-13-22(26)27-4-2/h8-10,13-15,17-20,23-24H,3-7,11-12,16H2,1-2H3/b9-8-,13-10+,15-14+/t17?,18-,19-,20?/m0/s1. The lowest BCUT2D eigenvalue weighted by Crippen LogP contribution is -2.13. The summed E-state index contributed by atoms with van der Waals surface area (Å²) in [5.41, 5.74) is 0. The zero-order valence-corrected chi connectivity index (χ0v) is 16.5. The van der Waals surface area contributed by atoms with E-state index in [0.717, 1.165) is 12.8 Å². The molecule has 5 heteroatoms. The minimum absolute atomic E-state index is 0.0561. The molecule has 1 rings (SSSR count). The van der Waals surface area contributed by atoms with Crippen LogP contribution in [0.25, 0.3) is 0 Å². The topological polar surface area (TPSA) is 83.8 Å².